The Labute approximate surface area is 111 Å². The van der Waals surface area contributed by atoms with Crippen LogP contribution in [0.3, 0.4) is 0 Å². The lowest BCUT2D eigenvalue weighted by Crippen LogP contribution is -2.37. The van der Waals surface area contributed by atoms with E-state index in [-0.39, 0.29) is 0 Å². The van der Waals surface area contributed by atoms with Crippen LogP contribution in [0.2, 0.25) is 0 Å². The molecule has 0 saturated heterocycles. The molecular weight excluding hydrogens is 222 g/mol. The minimum Gasteiger partial charge on any atom is -0.508 e. The number of nitrogens with zero attached hydrogens (tertiary/aromatic N) is 1. The minimum atomic E-state index is 0.484. The van der Waals surface area contributed by atoms with Gasteiger partial charge in [0.15, 0.2) is 0 Å². The molecule has 0 saturated carbocycles. The topological polar surface area (TPSA) is 23.5 Å². The zero-order valence-electron chi connectivity index (χ0n) is 11.8. The van der Waals surface area contributed by atoms with Crippen LogP contribution >= 0.6 is 0 Å². The van der Waals surface area contributed by atoms with Gasteiger partial charge in [-0.25, -0.2) is 0 Å². The number of aromatic hydroxyl groups is 1. The van der Waals surface area contributed by atoms with Crippen LogP contribution in [0.15, 0.2) is 18.2 Å². The standard InChI is InChI=1S/C16H25NO/c1-4-11-17(12(2)3)15-9-5-8-14-13(15)7-6-10-16(14)18/h6-7,10,12,15,18H,4-5,8-9,11H2,1-3H3. The summed E-state index contributed by atoms with van der Waals surface area (Å²) in [6, 6.07) is 7.05. The van der Waals surface area contributed by atoms with Gasteiger partial charge in [0.05, 0.1) is 0 Å². The molecule has 2 rings (SSSR count). The van der Waals surface area contributed by atoms with Crippen molar-refractivity contribution in [2.24, 2.45) is 0 Å². The van der Waals surface area contributed by atoms with Gasteiger partial charge in [-0.2, -0.15) is 0 Å². The van der Waals surface area contributed by atoms with Crippen LogP contribution in [0.4, 0.5) is 0 Å². The van der Waals surface area contributed by atoms with E-state index >= 15 is 0 Å². The summed E-state index contributed by atoms with van der Waals surface area (Å²) in [5, 5.41) is 10.0. The van der Waals surface area contributed by atoms with E-state index in [0.29, 0.717) is 17.8 Å². The molecule has 1 aromatic rings. The van der Waals surface area contributed by atoms with Gasteiger partial charge in [0.2, 0.25) is 0 Å². The van der Waals surface area contributed by atoms with Gasteiger partial charge in [-0.15, -0.1) is 0 Å². The highest BCUT2D eigenvalue weighted by Crippen LogP contribution is 2.38. The van der Waals surface area contributed by atoms with Crippen LogP contribution in [-0.2, 0) is 6.42 Å². The van der Waals surface area contributed by atoms with E-state index < -0.39 is 0 Å². The van der Waals surface area contributed by atoms with E-state index in [9.17, 15) is 5.11 Å². The molecular formula is C16H25NO. The summed E-state index contributed by atoms with van der Waals surface area (Å²) in [5.74, 6) is 0.484. The molecule has 0 heterocycles. The van der Waals surface area contributed by atoms with Crippen LogP contribution in [-0.4, -0.2) is 22.6 Å². The summed E-state index contributed by atoms with van der Waals surface area (Å²) in [7, 11) is 0. The van der Waals surface area contributed by atoms with Crippen molar-refractivity contribution in [2.75, 3.05) is 6.54 Å². The fourth-order valence-corrected chi connectivity index (χ4v) is 3.18. The fourth-order valence-electron chi connectivity index (χ4n) is 3.18. The molecule has 1 atom stereocenters. The Morgan fingerprint density at radius 1 is 1.39 bits per heavy atom. The summed E-state index contributed by atoms with van der Waals surface area (Å²) in [6.45, 7) is 7.92. The van der Waals surface area contributed by atoms with Crippen molar-refractivity contribution in [2.45, 2.75) is 58.5 Å². The van der Waals surface area contributed by atoms with Gasteiger partial charge in [-0.05, 0) is 63.3 Å². The molecule has 1 aliphatic rings. The molecule has 1 N–H and O–H groups in total. The van der Waals surface area contributed by atoms with Crippen molar-refractivity contribution >= 4 is 0 Å². The van der Waals surface area contributed by atoms with Crippen molar-refractivity contribution in [1.29, 1.82) is 0 Å². The monoisotopic (exact) mass is 247 g/mol. The number of phenolic OH excluding ortho intramolecular Hbond substituents is 1. The van der Waals surface area contributed by atoms with Crippen LogP contribution in [0, 0.1) is 0 Å². The lowest BCUT2D eigenvalue weighted by atomic mass is 9.85. The summed E-state index contributed by atoms with van der Waals surface area (Å²) >= 11 is 0. The maximum atomic E-state index is 10.0. The second-order valence-electron chi connectivity index (χ2n) is 5.58. The van der Waals surface area contributed by atoms with Crippen LogP contribution in [0.5, 0.6) is 5.75 Å². The van der Waals surface area contributed by atoms with Gasteiger partial charge in [-0.1, -0.05) is 19.1 Å². The lowest BCUT2D eigenvalue weighted by Gasteiger charge is -2.38. The number of hydrogen-bond acceptors (Lipinski definition) is 2. The van der Waals surface area contributed by atoms with Crippen molar-refractivity contribution in [3.8, 4) is 5.75 Å². The molecule has 18 heavy (non-hydrogen) atoms. The average Bonchev–Trinajstić information content (AvgIpc) is 2.36. The summed E-state index contributed by atoms with van der Waals surface area (Å²) in [4.78, 5) is 2.58. The lowest BCUT2D eigenvalue weighted by molar-refractivity contribution is 0.137. The van der Waals surface area contributed by atoms with Crippen molar-refractivity contribution < 1.29 is 5.11 Å². The number of hydrogen-bond donors (Lipinski definition) is 1. The normalized spacial score (nSPS) is 19.3. The van der Waals surface area contributed by atoms with Gasteiger partial charge in [-0.3, -0.25) is 4.90 Å². The molecule has 0 spiro atoms. The minimum absolute atomic E-state index is 0.484. The third-order valence-corrected chi connectivity index (χ3v) is 4.00. The Morgan fingerprint density at radius 2 is 2.17 bits per heavy atom. The third-order valence-electron chi connectivity index (χ3n) is 4.00. The average molecular weight is 247 g/mol. The van der Waals surface area contributed by atoms with Crippen molar-refractivity contribution in [3.63, 3.8) is 0 Å². The molecule has 1 unspecified atom stereocenters. The quantitative estimate of drug-likeness (QED) is 0.872. The number of phenols is 1. The summed E-state index contributed by atoms with van der Waals surface area (Å²) in [6.07, 6.45) is 4.61. The van der Waals surface area contributed by atoms with Crippen LogP contribution in [0.1, 0.15) is 57.2 Å². The first-order chi connectivity index (χ1) is 8.65. The van der Waals surface area contributed by atoms with Gasteiger partial charge in [0.25, 0.3) is 0 Å². The maximum Gasteiger partial charge on any atom is 0.119 e. The Morgan fingerprint density at radius 3 is 2.83 bits per heavy atom. The Kier molecular flexibility index (Phi) is 4.28. The predicted molar refractivity (Wildman–Crippen MR) is 75.9 cm³/mol. The fraction of sp³-hybridized carbons (Fsp3) is 0.625. The molecule has 1 aromatic carbocycles. The summed E-state index contributed by atoms with van der Waals surface area (Å²) < 4.78 is 0. The second kappa shape index (κ2) is 5.75. The molecule has 0 amide bonds. The maximum absolute atomic E-state index is 10.0. The first kappa shape index (κ1) is 13.4. The highest BCUT2D eigenvalue weighted by Gasteiger charge is 2.28. The van der Waals surface area contributed by atoms with E-state index in [4.69, 9.17) is 0 Å². The van der Waals surface area contributed by atoms with E-state index in [1.54, 1.807) is 0 Å². The highest BCUT2D eigenvalue weighted by atomic mass is 16.3. The van der Waals surface area contributed by atoms with Crippen molar-refractivity contribution in [1.82, 2.24) is 4.90 Å². The smallest absolute Gasteiger partial charge is 0.119 e. The van der Waals surface area contributed by atoms with Crippen molar-refractivity contribution in [3.05, 3.63) is 29.3 Å². The van der Waals surface area contributed by atoms with Gasteiger partial charge < -0.3 is 5.11 Å². The molecule has 0 fully saturated rings. The molecule has 0 radical (unpaired) electrons. The zero-order valence-corrected chi connectivity index (χ0v) is 11.8. The first-order valence-electron chi connectivity index (χ1n) is 7.21. The predicted octanol–water partition coefficient (Wildman–Crippen LogP) is 3.89. The molecule has 0 aromatic heterocycles. The SMILES string of the molecule is CCCN(C(C)C)C1CCCc2c(O)cccc21. The molecule has 0 aliphatic heterocycles. The van der Waals surface area contributed by atoms with E-state index in [0.717, 1.165) is 13.0 Å². The van der Waals surface area contributed by atoms with Crippen LogP contribution in [0.25, 0.3) is 0 Å². The molecule has 0 bridgehead atoms. The Hall–Kier alpha value is -1.02. The second-order valence-corrected chi connectivity index (χ2v) is 5.58. The van der Waals surface area contributed by atoms with E-state index in [1.165, 1.54) is 30.4 Å². The number of fused-ring (bicyclic) bond motifs is 1. The number of rotatable bonds is 4. The van der Waals surface area contributed by atoms with Gasteiger partial charge in [0, 0.05) is 12.1 Å². The third kappa shape index (κ3) is 2.54. The largest absolute Gasteiger partial charge is 0.508 e. The first-order valence-corrected chi connectivity index (χ1v) is 7.21. The van der Waals surface area contributed by atoms with E-state index in [2.05, 4.69) is 31.7 Å². The molecule has 1 aliphatic carbocycles. The summed E-state index contributed by atoms with van der Waals surface area (Å²) in [5.41, 5.74) is 2.53. The number of benzene rings is 1. The molecule has 2 nitrogen and oxygen atoms in total. The van der Waals surface area contributed by atoms with Gasteiger partial charge >= 0.3 is 0 Å². The van der Waals surface area contributed by atoms with Gasteiger partial charge in [0.1, 0.15) is 5.75 Å². The highest BCUT2D eigenvalue weighted by molar-refractivity contribution is 5.42. The Bertz CT molecular complexity index is 400. The molecule has 100 valence electrons. The Balaban J connectivity index is 2.33. The van der Waals surface area contributed by atoms with E-state index in [1.807, 2.05) is 12.1 Å². The zero-order chi connectivity index (χ0) is 13.1. The molecule has 2 heteroatoms. The van der Waals surface area contributed by atoms with Crippen LogP contribution < -0.4 is 0 Å².